The number of nitrogens with one attached hydrogen (secondary N) is 1. The molecular formula is C13H14ClFN2O5S. The summed E-state index contributed by atoms with van der Waals surface area (Å²) in [5.74, 6) is -2.89. The van der Waals surface area contributed by atoms with E-state index in [4.69, 9.17) is 16.7 Å². The summed E-state index contributed by atoms with van der Waals surface area (Å²) in [6.07, 6.45) is 0.531. The summed E-state index contributed by atoms with van der Waals surface area (Å²) in [5.41, 5.74) is -0.0631. The molecule has 7 nitrogen and oxygen atoms in total. The molecule has 0 aliphatic carbocycles. The molecule has 2 rings (SSSR count). The van der Waals surface area contributed by atoms with Crippen LogP contribution in [0.2, 0.25) is 5.02 Å². The van der Waals surface area contributed by atoms with Crippen LogP contribution >= 0.6 is 11.6 Å². The molecule has 2 N–H and O–H groups in total. The second-order valence-corrected chi connectivity index (χ2v) is 7.32. The lowest BCUT2D eigenvalue weighted by Gasteiger charge is -2.21. The summed E-state index contributed by atoms with van der Waals surface area (Å²) in [5, 5.41) is 11.2. The van der Waals surface area contributed by atoms with Crippen LogP contribution in [0.1, 0.15) is 19.8 Å². The predicted molar refractivity (Wildman–Crippen MR) is 80.3 cm³/mol. The van der Waals surface area contributed by atoms with Crippen molar-refractivity contribution in [2.24, 2.45) is 0 Å². The minimum atomic E-state index is -4.35. The molecule has 0 spiro atoms. The molecule has 1 saturated heterocycles. The van der Waals surface area contributed by atoms with Gasteiger partial charge in [0.25, 0.3) is 0 Å². The van der Waals surface area contributed by atoms with Gasteiger partial charge in [-0.2, -0.15) is 4.31 Å². The standard InChI is InChI=1S/C13H14ClFN2O5S/c1-7(18)16-10-6-9(15)12(5-8(10)14)23(21,22)17-4-2-3-11(17)13(19)20/h5-6,11H,2-4H2,1H3,(H,16,18)(H,19,20). The Bertz CT molecular complexity index is 768. The molecule has 0 saturated carbocycles. The number of anilines is 1. The first-order valence-corrected chi connectivity index (χ1v) is 8.47. The molecule has 1 heterocycles. The van der Waals surface area contributed by atoms with Gasteiger partial charge in [-0.25, -0.2) is 12.8 Å². The number of amides is 1. The van der Waals surface area contributed by atoms with Gasteiger partial charge in [0, 0.05) is 19.5 Å². The lowest BCUT2D eigenvalue weighted by Crippen LogP contribution is -2.40. The van der Waals surface area contributed by atoms with Crippen LogP contribution in [-0.2, 0) is 19.6 Å². The highest BCUT2D eigenvalue weighted by Gasteiger charge is 2.40. The number of benzene rings is 1. The van der Waals surface area contributed by atoms with Crippen molar-refractivity contribution in [3.05, 3.63) is 23.0 Å². The Hall–Kier alpha value is -1.71. The third-order valence-electron chi connectivity index (χ3n) is 3.41. The summed E-state index contributed by atoms with van der Waals surface area (Å²) in [6.45, 7) is 1.18. The van der Waals surface area contributed by atoms with Crippen molar-refractivity contribution >= 4 is 39.2 Å². The fourth-order valence-electron chi connectivity index (χ4n) is 2.41. The average Bonchev–Trinajstić information content (AvgIpc) is 2.92. The number of carboxylic acids is 1. The van der Waals surface area contributed by atoms with E-state index in [9.17, 15) is 22.4 Å². The molecule has 23 heavy (non-hydrogen) atoms. The zero-order valence-electron chi connectivity index (χ0n) is 12.0. The van der Waals surface area contributed by atoms with Crippen LogP contribution in [0.15, 0.2) is 17.0 Å². The van der Waals surface area contributed by atoms with Crippen LogP contribution in [0, 0.1) is 5.82 Å². The Morgan fingerprint density at radius 1 is 1.43 bits per heavy atom. The van der Waals surface area contributed by atoms with Gasteiger partial charge in [-0.05, 0) is 18.9 Å². The lowest BCUT2D eigenvalue weighted by molar-refractivity contribution is -0.140. The van der Waals surface area contributed by atoms with Crippen molar-refractivity contribution in [3.8, 4) is 0 Å². The first-order valence-electron chi connectivity index (χ1n) is 6.66. The third-order valence-corrected chi connectivity index (χ3v) is 5.64. The van der Waals surface area contributed by atoms with Gasteiger partial charge in [0.2, 0.25) is 15.9 Å². The number of sulfonamides is 1. The van der Waals surface area contributed by atoms with Gasteiger partial charge < -0.3 is 10.4 Å². The third kappa shape index (κ3) is 3.46. The molecule has 1 atom stereocenters. The normalized spacial score (nSPS) is 18.8. The fourth-order valence-corrected chi connectivity index (χ4v) is 4.41. The minimum Gasteiger partial charge on any atom is -0.480 e. The minimum absolute atomic E-state index is 0.0101. The number of halogens is 2. The number of hydrogen-bond donors (Lipinski definition) is 2. The zero-order valence-corrected chi connectivity index (χ0v) is 13.6. The van der Waals surface area contributed by atoms with Gasteiger partial charge in [-0.15, -0.1) is 0 Å². The quantitative estimate of drug-likeness (QED) is 0.845. The first kappa shape index (κ1) is 17.6. The number of hydrogen-bond acceptors (Lipinski definition) is 4. The highest BCUT2D eigenvalue weighted by atomic mass is 35.5. The van der Waals surface area contributed by atoms with E-state index < -0.39 is 38.7 Å². The van der Waals surface area contributed by atoms with E-state index >= 15 is 0 Å². The van der Waals surface area contributed by atoms with Crippen molar-refractivity contribution in [2.45, 2.75) is 30.7 Å². The van der Waals surface area contributed by atoms with Crippen LogP contribution in [0.25, 0.3) is 0 Å². The van der Waals surface area contributed by atoms with E-state index in [1.165, 1.54) is 6.92 Å². The number of aliphatic carboxylic acids is 1. The smallest absolute Gasteiger partial charge is 0.322 e. The Labute approximate surface area is 137 Å². The maximum Gasteiger partial charge on any atom is 0.322 e. The predicted octanol–water partition coefficient (Wildman–Crippen LogP) is 1.68. The molecule has 0 aromatic heterocycles. The van der Waals surface area contributed by atoms with Crippen LogP contribution < -0.4 is 5.32 Å². The number of carbonyl (C=O) groups excluding carboxylic acids is 1. The van der Waals surface area contributed by atoms with Gasteiger partial charge >= 0.3 is 5.97 Å². The summed E-state index contributed by atoms with van der Waals surface area (Å²) in [4.78, 5) is 21.4. The Balaban J connectivity index is 2.46. The van der Waals surface area contributed by atoms with E-state index in [1.807, 2.05) is 0 Å². The number of carboxylic acid groups (broad SMARTS) is 1. The molecule has 1 unspecified atom stereocenters. The zero-order chi connectivity index (χ0) is 17.4. The van der Waals surface area contributed by atoms with Gasteiger partial charge in [-0.1, -0.05) is 11.6 Å². The highest BCUT2D eigenvalue weighted by molar-refractivity contribution is 7.89. The molecule has 1 aromatic carbocycles. The number of rotatable bonds is 4. The maximum atomic E-state index is 14.2. The fraction of sp³-hybridized carbons (Fsp3) is 0.385. The van der Waals surface area contributed by atoms with E-state index in [-0.39, 0.29) is 23.7 Å². The van der Waals surface area contributed by atoms with Crippen LogP contribution in [0.4, 0.5) is 10.1 Å². The number of carbonyl (C=O) groups is 2. The Morgan fingerprint density at radius 3 is 2.65 bits per heavy atom. The monoisotopic (exact) mass is 364 g/mol. The van der Waals surface area contributed by atoms with Crippen molar-refractivity contribution in [1.82, 2.24) is 4.31 Å². The van der Waals surface area contributed by atoms with Gasteiger partial charge in [0.1, 0.15) is 16.8 Å². The van der Waals surface area contributed by atoms with E-state index in [0.717, 1.165) is 16.4 Å². The molecule has 126 valence electrons. The number of nitrogens with zero attached hydrogens (tertiary/aromatic N) is 1. The first-order chi connectivity index (χ1) is 10.6. The van der Waals surface area contributed by atoms with Gasteiger partial charge in [0.05, 0.1) is 10.7 Å². The summed E-state index contributed by atoms with van der Waals surface area (Å²) < 4.78 is 40.0. The maximum absolute atomic E-state index is 14.2. The lowest BCUT2D eigenvalue weighted by atomic mass is 10.2. The molecule has 1 aliphatic heterocycles. The second-order valence-electron chi connectivity index (χ2n) is 5.06. The molecule has 10 heteroatoms. The average molecular weight is 365 g/mol. The topological polar surface area (TPSA) is 104 Å². The van der Waals surface area contributed by atoms with Crippen molar-refractivity contribution in [2.75, 3.05) is 11.9 Å². The largest absolute Gasteiger partial charge is 0.480 e. The van der Waals surface area contributed by atoms with Crippen molar-refractivity contribution < 1.29 is 27.5 Å². The molecular weight excluding hydrogens is 351 g/mol. The Kier molecular flexibility index (Phi) is 4.92. The summed E-state index contributed by atoms with van der Waals surface area (Å²) in [7, 11) is -4.35. The highest BCUT2D eigenvalue weighted by Crippen LogP contribution is 2.32. The molecule has 0 radical (unpaired) electrons. The molecule has 1 fully saturated rings. The molecule has 1 aliphatic rings. The Morgan fingerprint density at radius 2 is 2.09 bits per heavy atom. The van der Waals surface area contributed by atoms with E-state index in [1.54, 1.807) is 0 Å². The van der Waals surface area contributed by atoms with Gasteiger partial charge in [0.15, 0.2) is 0 Å². The van der Waals surface area contributed by atoms with Crippen molar-refractivity contribution in [1.29, 1.82) is 0 Å². The molecule has 0 bridgehead atoms. The molecule has 1 amide bonds. The van der Waals surface area contributed by atoms with Crippen LogP contribution in [0.3, 0.4) is 0 Å². The summed E-state index contributed by atoms with van der Waals surface area (Å²) in [6, 6.07) is 0.435. The van der Waals surface area contributed by atoms with Gasteiger partial charge in [-0.3, -0.25) is 9.59 Å². The van der Waals surface area contributed by atoms with Crippen molar-refractivity contribution in [3.63, 3.8) is 0 Å². The van der Waals surface area contributed by atoms with E-state index in [0.29, 0.717) is 6.42 Å². The summed E-state index contributed by atoms with van der Waals surface area (Å²) >= 11 is 5.88. The van der Waals surface area contributed by atoms with Crippen LogP contribution in [-0.4, -0.2) is 42.3 Å². The van der Waals surface area contributed by atoms with E-state index in [2.05, 4.69) is 5.32 Å². The second kappa shape index (κ2) is 6.42. The van der Waals surface area contributed by atoms with Crippen LogP contribution in [0.5, 0.6) is 0 Å². The molecule has 1 aromatic rings. The SMILES string of the molecule is CC(=O)Nc1cc(F)c(S(=O)(=O)N2CCCC2C(=O)O)cc1Cl.